The summed E-state index contributed by atoms with van der Waals surface area (Å²) in [7, 11) is 0. The molecule has 68 valence electrons. The fourth-order valence-corrected chi connectivity index (χ4v) is 0.815. The van der Waals surface area contributed by atoms with Crippen LogP contribution < -0.4 is 5.32 Å². The van der Waals surface area contributed by atoms with Gasteiger partial charge in [-0.3, -0.25) is 0 Å². The summed E-state index contributed by atoms with van der Waals surface area (Å²) in [5.41, 5.74) is 0.0306. The van der Waals surface area contributed by atoms with Crippen molar-refractivity contribution < 1.29 is 4.79 Å². The van der Waals surface area contributed by atoms with Crippen molar-refractivity contribution in [2.24, 2.45) is 10.5 Å². The zero-order valence-electron chi connectivity index (χ0n) is 7.79. The minimum Gasteiger partial charge on any atom is -0.335 e. The molecule has 0 radical (unpaired) electrons. The van der Waals surface area contributed by atoms with Crippen LogP contribution in [0.3, 0.4) is 0 Å². The Morgan fingerprint density at radius 1 is 1.58 bits per heavy atom. The van der Waals surface area contributed by atoms with Gasteiger partial charge in [0.25, 0.3) is 0 Å². The maximum absolute atomic E-state index is 11.0. The van der Waals surface area contributed by atoms with E-state index in [2.05, 4.69) is 10.4 Å². The van der Waals surface area contributed by atoms with Crippen LogP contribution in [0.4, 0.5) is 4.79 Å². The highest BCUT2D eigenvalue weighted by molar-refractivity contribution is 5.77. The highest BCUT2D eigenvalue weighted by atomic mass is 16.2. The van der Waals surface area contributed by atoms with Crippen LogP contribution in [-0.2, 0) is 0 Å². The van der Waals surface area contributed by atoms with Gasteiger partial charge in [0.05, 0.1) is 6.54 Å². The number of hydrogen-bond acceptors (Lipinski definition) is 2. The lowest BCUT2D eigenvalue weighted by atomic mass is 9.99. The van der Waals surface area contributed by atoms with Gasteiger partial charge >= 0.3 is 6.03 Å². The molecule has 0 aromatic rings. The van der Waals surface area contributed by atoms with Crippen LogP contribution in [0.2, 0.25) is 0 Å². The fourth-order valence-electron chi connectivity index (χ4n) is 0.815. The van der Waals surface area contributed by atoms with Crippen molar-refractivity contribution in [3.8, 4) is 0 Å². The Labute approximate surface area is 72.6 Å². The summed E-state index contributed by atoms with van der Waals surface area (Å²) in [6, 6.07) is -0.101. The first kappa shape index (κ1) is 9.03. The number of nitrogens with zero attached hydrogens (tertiary/aromatic N) is 2. The highest BCUT2D eigenvalue weighted by Crippen LogP contribution is 2.09. The van der Waals surface area contributed by atoms with Crippen LogP contribution in [0.5, 0.6) is 0 Å². The molecule has 0 atom stereocenters. The van der Waals surface area contributed by atoms with Crippen molar-refractivity contribution >= 4 is 12.2 Å². The lowest BCUT2D eigenvalue weighted by molar-refractivity contribution is 0.219. The summed E-state index contributed by atoms with van der Waals surface area (Å²) in [4.78, 5) is 11.0. The van der Waals surface area contributed by atoms with E-state index in [1.165, 1.54) is 5.01 Å². The number of carbonyl (C=O) groups excluding carboxylic acids is 1. The average molecular weight is 169 g/mol. The van der Waals surface area contributed by atoms with E-state index >= 15 is 0 Å². The normalized spacial score (nSPS) is 18.9. The van der Waals surface area contributed by atoms with E-state index in [0.29, 0.717) is 13.1 Å². The molecule has 1 rings (SSSR count). The Bertz CT molecular complexity index is 205. The number of hydrazone groups is 1. The van der Waals surface area contributed by atoms with E-state index in [0.717, 1.165) is 0 Å². The topological polar surface area (TPSA) is 44.7 Å². The zero-order valence-corrected chi connectivity index (χ0v) is 7.79. The van der Waals surface area contributed by atoms with Gasteiger partial charge < -0.3 is 5.32 Å². The molecule has 0 bridgehead atoms. The number of rotatable bonds is 1. The van der Waals surface area contributed by atoms with Crippen molar-refractivity contribution in [1.29, 1.82) is 0 Å². The first-order chi connectivity index (χ1) is 5.49. The molecule has 0 unspecified atom stereocenters. The van der Waals surface area contributed by atoms with E-state index in [-0.39, 0.29) is 11.4 Å². The Balaban J connectivity index is 2.51. The Morgan fingerprint density at radius 3 is 2.67 bits per heavy atom. The second-order valence-corrected chi connectivity index (χ2v) is 3.97. The summed E-state index contributed by atoms with van der Waals surface area (Å²) in [5, 5.41) is 8.20. The first-order valence-corrected chi connectivity index (χ1v) is 4.09. The summed E-state index contributed by atoms with van der Waals surface area (Å²) in [5.74, 6) is 0. The van der Waals surface area contributed by atoms with E-state index in [1.54, 1.807) is 6.21 Å². The predicted octanol–water partition coefficient (Wildman–Crippen LogP) is 1.04. The van der Waals surface area contributed by atoms with Gasteiger partial charge in [-0.2, -0.15) is 5.10 Å². The van der Waals surface area contributed by atoms with Gasteiger partial charge in [-0.15, -0.1) is 0 Å². The number of hydrogen-bond donors (Lipinski definition) is 1. The molecule has 4 nitrogen and oxygen atoms in total. The quantitative estimate of drug-likeness (QED) is 0.586. The number of carbonyl (C=O) groups is 1. The van der Waals surface area contributed by atoms with Crippen LogP contribution >= 0.6 is 0 Å². The molecule has 0 aliphatic carbocycles. The van der Waals surface area contributed by atoms with Gasteiger partial charge in [-0.25, -0.2) is 9.80 Å². The van der Waals surface area contributed by atoms with E-state index < -0.39 is 0 Å². The maximum Gasteiger partial charge on any atom is 0.337 e. The van der Waals surface area contributed by atoms with Crippen molar-refractivity contribution in [3.05, 3.63) is 0 Å². The van der Waals surface area contributed by atoms with Crippen LogP contribution in [-0.4, -0.2) is 30.3 Å². The van der Waals surface area contributed by atoms with Crippen molar-refractivity contribution in [2.45, 2.75) is 20.8 Å². The Kier molecular flexibility index (Phi) is 2.35. The minimum absolute atomic E-state index is 0.0306. The van der Waals surface area contributed by atoms with E-state index in [4.69, 9.17) is 0 Å². The summed E-state index contributed by atoms with van der Waals surface area (Å²) < 4.78 is 0. The van der Waals surface area contributed by atoms with Crippen LogP contribution in [0.1, 0.15) is 20.8 Å². The molecule has 2 amide bonds. The summed E-state index contributed by atoms with van der Waals surface area (Å²) >= 11 is 0. The fraction of sp³-hybridized carbons (Fsp3) is 0.750. The van der Waals surface area contributed by atoms with Gasteiger partial charge in [0.15, 0.2) is 0 Å². The smallest absolute Gasteiger partial charge is 0.335 e. The number of urea groups is 1. The molecule has 1 saturated heterocycles. The van der Waals surface area contributed by atoms with Gasteiger partial charge in [0.1, 0.15) is 0 Å². The van der Waals surface area contributed by atoms with Gasteiger partial charge in [0, 0.05) is 12.8 Å². The second kappa shape index (κ2) is 3.13. The molecule has 1 fully saturated rings. The molecule has 0 spiro atoms. The van der Waals surface area contributed by atoms with Gasteiger partial charge in [0.2, 0.25) is 0 Å². The van der Waals surface area contributed by atoms with Crippen LogP contribution in [0.15, 0.2) is 5.10 Å². The third kappa shape index (κ3) is 2.53. The largest absolute Gasteiger partial charge is 0.337 e. The van der Waals surface area contributed by atoms with Crippen LogP contribution in [0.25, 0.3) is 0 Å². The molecule has 0 aromatic heterocycles. The van der Waals surface area contributed by atoms with Crippen molar-refractivity contribution in [2.75, 3.05) is 13.1 Å². The predicted molar refractivity (Wildman–Crippen MR) is 48.1 cm³/mol. The standard InChI is InChI=1S/C8H15N3O/c1-8(2,3)6-10-11-5-4-9-7(11)12/h6H,4-5H2,1-3H3,(H,9,12). The highest BCUT2D eigenvalue weighted by Gasteiger charge is 2.18. The molecule has 12 heavy (non-hydrogen) atoms. The van der Waals surface area contributed by atoms with Gasteiger partial charge in [-0.1, -0.05) is 20.8 Å². The lowest BCUT2D eigenvalue weighted by Gasteiger charge is -2.12. The maximum atomic E-state index is 11.0. The Hall–Kier alpha value is -1.06. The molecule has 1 heterocycles. The monoisotopic (exact) mass is 169 g/mol. The molecule has 1 aliphatic rings. The van der Waals surface area contributed by atoms with Gasteiger partial charge in [-0.05, 0) is 5.41 Å². The summed E-state index contributed by atoms with van der Waals surface area (Å²) in [6.07, 6.45) is 1.79. The SMILES string of the molecule is CC(C)(C)C=NN1CCNC1=O. The molecule has 0 aromatic carbocycles. The van der Waals surface area contributed by atoms with Crippen molar-refractivity contribution in [1.82, 2.24) is 10.3 Å². The third-order valence-corrected chi connectivity index (χ3v) is 1.42. The van der Waals surface area contributed by atoms with Crippen LogP contribution in [0, 0.1) is 5.41 Å². The molecule has 4 heteroatoms. The number of amides is 2. The average Bonchev–Trinajstić information content (AvgIpc) is 2.29. The lowest BCUT2D eigenvalue weighted by Crippen LogP contribution is -2.24. The Morgan fingerprint density at radius 2 is 2.25 bits per heavy atom. The van der Waals surface area contributed by atoms with E-state index in [1.807, 2.05) is 20.8 Å². The number of nitrogens with one attached hydrogen (secondary N) is 1. The zero-order chi connectivity index (χ0) is 9.19. The second-order valence-electron chi connectivity index (χ2n) is 3.97. The first-order valence-electron chi connectivity index (χ1n) is 4.09. The minimum atomic E-state index is -0.101. The van der Waals surface area contributed by atoms with Crippen molar-refractivity contribution in [3.63, 3.8) is 0 Å². The molecule has 1 N–H and O–H groups in total. The van der Waals surface area contributed by atoms with E-state index in [9.17, 15) is 4.79 Å². The summed E-state index contributed by atoms with van der Waals surface area (Å²) in [6.45, 7) is 7.51. The molecule has 0 saturated carbocycles. The molecular weight excluding hydrogens is 154 g/mol. The molecule has 1 aliphatic heterocycles. The third-order valence-electron chi connectivity index (χ3n) is 1.42. The molecular formula is C8H15N3O.